The van der Waals surface area contributed by atoms with Gasteiger partial charge >= 0.3 is 0 Å². The molecule has 0 saturated carbocycles. The van der Waals surface area contributed by atoms with E-state index in [1.165, 1.54) is 11.1 Å². The summed E-state index contributed by atoms with van der Waals surface area (Å²) < 4.78 is 0. The number of carbonyl (C=O) groups excluding carboxylic acids is 1. The number of carbonyl (C=O) groups is 1. The van der Waals surface area contributed by atoms with Gasteiger partial charge in [0.05, 0.1) is 12.6 Å². The molecular weight excluding hydrogens is 270 g/mol. The standard InChI is InChI=1S/C15H19N3OS/c1-12-2-4-13(5-3-12)14-11-20-9-8-18(14)10-15(19)17-7-6-16/h2-5,14H,7-11H2,1H3,(H,17,19)/t14-/m0/s1. The summed E-state index contributed by atoms with van der Waals surface area (Å²) in [4.78, 5) is 14.0. The number of nitrogens with zero attached hydrogens (tertiary/aromatic N) is 2. The third kappa shape index (κ3) is 3.99. The summed E-state index contributed by atoms with van der Waals surface area (Å²) >= 11 is 1.93. The molecule has 5 heteroatoms. The van der Waals surface area contributed by atoms with Crippen molar-refractivity contribution in [2.24, 2.45) is 0 Å². The van der Waals surface area contributed by atoms with Crippen LogP contribution in [-0.4, -0.2) is 41.9 Å². The van der Waals surface area contributed by atoms with E-state index in [0.29, 0.717) is 6.54 Å². The first-order valence-electron chi connectivity index (χ1n) is 6.72. The fourth-order valence-electron chi connectivity index (χ4n) is 2.30. The van der Waals surface area contributed by atoms with E-state index in [1.54, 1.807) is 0 Å². The van der Waals surface area contributed by atoms with Gasteiger partial charge in [-0.05, 0) is 12.5 Å². The van der Waals surface area contributed by atoms with E-state index >= 15 is 0 Å². The third-order valence-corrected chi connectivity index (χ3v) is 4.44. The van der Waals surface area contributed by atoms with Gasteiger partial charge in [-0.25, -0.2) is 0 Å². The summed E-state index contributed by atoms with van der Waals surface area (Å²) in [7, 11) is 0. The van der Waals surface area contributed by atoms with Crippen molar-refractivity contribution in [3.8, 4) is 6.07 Å². The Bertz CT molecular complexity index is 495. The molecule has 0 unspecified atom stereocenters. The van der Waals surface area contributed by atoms with Gasteiger partial charge in [0, 0.05) is 24.1 Å². The first-order valence-corrected chi connectivity index (χ1v) is 7.88. The molecule has 1 aliphatic rings. The van der Waals surface area contributed by atoms with Gasteiger partial charge in [-0.3, -0.25) is 9.69 Å². The van der Waals surface area contributed by atoms with Gasteiger partial charge in [0.2, 0.25) is 5.91 Å². The van der Waals surface area contributed by atoms with E-state index in [9.17, 15) is 4.79 Å². The average Bonchev–Trinajstić information content (AvgIpc) is 2.47. The van der Waals surface area contributed by atoms with E-state index in [1.807, 2.05) is 17.8 Å². The summed E-state index contributed by atoms with van der Waals surface area (Å²) in [5.41, 5.74) is 2.51. The Morgan fingerprint density at radius 1 is 1.50 bits per heavy atom. The molecule has 1 atom stereocenters. The number of nitriles is 1. The molecule has 0 radical (unpaired) electrons. The van der Waals surface area contributed by atoms with Gasteiger partial charge in [0.1, 0.15) is 6.54 Å². The van der Waals surface area contributed by atoms with Gasteiger partial charge in [-0.15, -0.1) is 0 Å². The molecule has 106 valence electrons. The lowest BCUT2D eigenvalue weighted by molar-refractivity contribution is -0.122. The van der Waals surface area contributed by atoms with Gasteiger partial charge in [-0.1, -0.05) is 29.8 Å². The quantitative estimate of drug-likeness (QED) is 0.858. The Hall–Kier alpha value is -1.51. The van der Waals surface area contributed by atoms with Crippen molar-refractivity contribution in [1.29, 1.82) is 5.26 Å². The molecule has 4 nitrogen and oxygen atoms in total. The number of rotatable bonds is 4. The highest BCUT2D eigenvalue weighted by Crippen LogP contribution is 2.29. The van der Waals surface area contributed by atoms with E-state index < -0.39 is 0 Å². The Labute approximate surface area is 124 Å². The molecule has 1 aromatic carbocycles. The van der Waals surface area contributed by atoms with Crippen molar-refractivity contribution in [2.45, 2.75) is 13.0 Å². The van der Waals surface area contributed by atoms with E-state index in [0.717, 1.165) is 18.1 Å². The largest absolute Gasteiger partial charge is 0.342 e. The highest BCUT2D eigenvalue weighted by Gasteiger charge is 2.25. The highest BCUT2D eigenvalue weighted by molar-refractivity contribution is 7.99. The van der Waals surface area contributed by atoms with Crippen LogP contribution < -0.4 is 5.32 Å². The van der Waals surface area contributed by atoms with Crippen molar-refractivity contribution >= 4 is 17.7 Å². The lowest BCUT2D eigenvalue weighted by Crippen LogP contribution is -2.43. The zero-order valence-electron chi connectivity index (χ0n) is 11.6. The summed E-state index contributed by atoms with van der Waals surface area (Å²) in [5.74, 6) is 1.98. The van der Waals surface area contributed by atoms with Gasteiger partial charge < -0.3 is 5.32 Å². The zero-order chi connectivity index (χ0) is 14.4. The minimum absolute atomic E-state index is 0.0736. The van der Waals surface area contributed by atoms with Crippen LogP contribution in [0.4, 0.5) is 0 Å². The minimum atomic E-state index is -0.0736. The molecule has 0 spiro atoms. The van der Waals surface area contributed by atoms with Crippen LogP contribution in [0, 0.1) is 18.3 Å². The SMILES string of the molecule is Cc1ccc([C@@H]2CSCCN2CC(=O)NCC#N)cc1. The van der Waals surface area contributed by atoms with E-state index in [4.69, 9.17) is 5.26 Å². The number of thioether (sulfide) groups is 1. The van der Waals surface area contributed by atoms with Crippen molar-refractivity contribution < 1.29 is 4.79 Å². The Morgan fingerprint density at radius 2 is 2.25 bits per heavy atom. The first-order chi connectivity index (χ1) is 9.70. The van der Waals surface area contributed by atoms with Crippen molar-refractivity contribution in [3.05, 3.63) is 35.4 Å². The second kappa shape index (κ2) is 7.32. The number of hydrogen-bond donors (Lipinski definition) is 1. The summed E-state index contributed by atoms with van der Waals surface area (Å²) in [6.45, 7) is 3.42. The maximum absolute atomic E-state index is 11.8. The fourth-order valence-corrected chi connectivity index (χ4v) is 3.46. The second-order valence-electron chi connectivity index (χ2n) is 4.91. The van der Waals surface area contributed by atoms with Crippen molar-refractivity contribution in [1.82, 2.24) is 10.2 Å². The number of benzene rings is 1. The Morgan fingerprint density at radius 3 is 2.95 bits per heavy atom. The summed E-state index contributed by atoms with van der Waals surface area (Å²) in [6, 6.07) is 10.7. The smallest absolute Gasteiger partial charge is 0.235 e. The van der Waals surface area contributed by atoms with Crippen LogP contribution in [0.1, 0.15) is 17.2 Å². The third-order valence-electron chi connectivity index (χ3n) is 3.41. The molecule has 0 aromatic heterocycles. The number of amides is 1. The number of nitrogens with one attached hydrogen (secondary N) is 1. The molecule has 1 fully saturated rings. The van der Waals surface area contributed by atoms with E-state index in [-0.39, 0.29) is 18.5 Å². The molecule has 1 amide bonds. The molecule has 1 saturated heterocycles. The van der Waals surface area contributed by atoms with Crippen LogP contribution in [0.5, 0.6) is 0 Å². The molecule has 0 aliphatic carbocycles. The maximum Gasteiger partial charge on any atom is 0.235 e. The lowest BCUT2D eigenvalue weighted by Gasteiger charge is -2.35. The van der Waals surface area contributed by atoms with Gasteiger partial charge in [-0.2, -0.15) is 17.0 Å². The zero-order valence-corrected chi connectivity index (χ0v) is 12.4. The monoisotopic (exact) mass is 289 g/mol. The Kier molecular flexibility index (Phi) is 5.45. The van der Waals surface area contributed by atoms with E-state index in [2.05, 4.69) is 41.4 Å². The predicted octanol–water partition coefficient (Wildman–Crippen LogP) is 1.72. The topological polar surface area (TPSA) is 56.1 Å². The van der Waals surface area contributed by atoms with Crippen molar-refractivity contribution in [3.63, 3.8) is 0 Å². The van der Waals surface area contributed by atoms with Gasteiger partial charge in [0.25, 0.3) is 0 Å². The van der Waals surface area contributed by atoms with Crippen LogP contribution in [0.3, 0.4) is 0 Å². The average molecular weight is 289 g/mol. The van der Waals surface area contributed by atoms with Crippen molar-refractivity contribution in [2.75, 3.05) is 31.1 Å². The minimum Gasteiger partial charge on any atom is -0.342 e. The first kappa shape index (κ1) is 14.9. The van der Waals surface area contributed by atoms with Gasteiger partial charge in [0.15, 0.2) is 0 Å². The molecule has 20 heavy (non-hydrogen) atoms. The summed E-state index contributed by atoms with van der Waals surface area (Å²) in [5, 5.41) is 11.1. The van der Waals surface area contributed by atoms with Crippen LogP contribution in [0.15, 0.2) is 24.3 Å². The molecule has 1 heterocycles. The molecular formula is C15H19N3OS. The Balaban J connectivity index is 2.03. The highest BCUT2D eigenvalue weighted by atomic mass is 32.2. The van der Waals surface area contributed by atoms with Crippen LogP contribution in [-0.2, 0) is 4.79 Å². The normalized spacial score (nSPS) is 19.3. The van der Waals surface area contributed by atoms with Crippen LogP contribution in [0.2, 0.25) is 0 Å². The lowest BCUT2D eigenvalue weighted by atomic mass is 10.0. The molecule has 0 bridgehead atoms. The molecule has 2 rings (SSSR count). The fraction of sp³-hybridized carbons (Fsp3) is 0.467. The van der Waals surface area contributed by atoms with Crippen LogP contribution >= 0.6 is 11.8 Å². The molecule has 1 aliphatic heterocycles. The molecule has 1 aromatic rings. The van der Waals surface area contributed by atoms with Crippen LogP contribution in [0.25, 0.3) is 0 Å². The number of hydrogen-bond acceptors (Lipinski definition) is 4. The number of aryl methyl sites for hydroxylation is 1. The molecule has 1 N–H and O–H groups in total. The predicted molar refractivity (Wildman–Crippen MR) is 81.4 cm³/mol. The second-order valence-corrected chi connectivity index (χ2v) is 6.06. The maximum atomic E-state index is 11.8. The summed E-state index contributed by atoms with van der Waals surface area (Å²) in [6.07, 6.45) is 0.